The highest BCUT2D eigenvalue weighted by molar-refractivity contribution is 6.04. The summed E-state index contributed by atoms with van der Waals surface area (Å²) in [6.45, 7) is 6.52. The molecule has 2 amide bonds. The zero-order valence-corrected chi connectivity index (χ0v) is 15.0. The number of nitrogens with zero attached hydrogens (tertiary/aromatic N) is 1. The molecule has 1 fully saturated rings. The van der Waals surface area contributed by atoms with Gasteiger partial charge in [-0.3, -0.25) is 9.59 Å². The summed E-state index contributed by atoms with van der Waals surface area (Å²) in [4.78, 5) is 26.9. The number of rotatable bonds is 4. The summed E-state index contributed by atoms with van der Waals surface area (Å²) in [5.41, 5.74) is 5.03. The normalized spacial score (nSPS) is 17.0. The molecule has 1 N–H and O–H groups in total. The van der Waals surface area contributed by atoms with Crippen molar-refractivity contribution >= 4 is 23.2 Å². The number of aryl methyl sites for hydroxylation is 3. The molecule has 0 aromatic heterocycles. The quantitative estimate of drug-likeness (QED) is 0.922. The van der Waals surface area contributed by atoms with Gasteiger partial charge in [-0.25, -0.2) is 0 Å². The van der Waals surface area contributed by atoms with Crippen LogP contribution in [0.25, 0.3) is 0 Å². The second-order valence-electron chi connectivity index (χ2n) is 6.69. The van der Waals surface area contributed by atoms with E-state index in [1.54, 1.807) is 4.90 Å². The number of carbonyl (C=O) groups is 2. The predicted molar refractivity (Wildman–Crippen MR) is 101 cm³/mol. The Hall–Kier alpha value is -2.62. The lowest BCUT2D eigenvalue weighted by Gasteiger charge is -2.21. The molecule has 2 aromatic rings. The first-order valence-corrected chi connectivity index (χ1v) is 8.76. The second-order valence-corrected chi connectivity index (χ2v) is 6.69. The molecule has 1 aliphatic heterocycles. The van der Waals surface area contributed by atoms with Crippen molar-refractivity contribution in [1.29, 1.82) is 0 Å². The Bertz CT molecular complexity index is 793. The Kier molecular flexibility index (Phi) is 4.88. The first-order chi connectivity index (χ1) is 12.0. The average Bonchev–Trinajstić information content (AvgIpc) is 2.97. The highest BCUT2D eigenvalue weighted by Crippen LogP contribution is 2.31. The summed E-state index contributed by atoms with van der Waals surface area (Å²) in [7, 11) is 0. The first-order valence-electron chi connectivity index (χ1n) is 8.76. The maximum absolute atomic E-state index is 12.6. The number of anilines is 2. The third-order valence-corrected chi connectivity index (χ3v) is 4.81. The smallest absolute Gasteiger partial charge is 0.229 e. The molecule has 25 heavy (non-hydrogen) atoms. The molecule has 0 aliphatic carbocycles. The number of hydrogen-bond acceptors (Lipinski definition) is 2. The van der Waals surface area contributed by atoms with Crippen molar-refractivity contribution < 1.29 is 9.59 Å². The molecule has 4 heteroatoms. The highest BCUT2D eigenvalue weighted by Gasteiger charge is 2.36. The minimum absolute atomic E-state index is 0.0138. The Morgan fingerprint density at radius 2 is 1.84 bits per heavy atom. The molecule has 1 unspecified atom stereocenters. The van der Waals surface area contributed by atoms with Gasteiger partial charge in [0.1, 0.15) is 0 Å². The molecule has 1 saturated heterocycles. The van der Waals surface area contributed by atoms with E-state index in [1.807, 2.05) is 56.3 Å². The Morgan fingerprint density at radius 1 is 1.16 bits per heavy atom. The van der Waals surface area contributed by atoms with E-state index in [-0.39, 0.29) is 24.2 Å². The van der Waals surface area contributed by atoms with Gasteiger partial charge in [-0.05, 0) is 49.1 Å². The Balaban J connectivity index is 1.74. The van der Waals surface area contributed by atoms with Crippen molar-refractivity contribution in [3.05, 3.63) is 59.2 Å². The Labute approximate surface area is 148 Å². The molecule has 4 nitrogen and oxygen atoms in total. The molecule has 0 spiro atoms. The molecule has 3 rings (SSSR count). The third kappa shape index (κ3) is 3.58. The number of amides is 2. The van der Waals surface area contributed by atoms with Crippen LogP contribution >= 0.6 is 0 Å². The first kappa shape index (κ1) is 17.2. The summed E-state index contributed by atoms with van der Waals surface area (Å²) < 4.78 is 0. The van der Waals surface area contributed by atoms with E-state index >= 15 is 0 Å². The van der Waals surface area contributed by atoms with Gasteiger partial charge in [0.05, 0.1) is 5.92 Å². The van der Waals surface area contributed by atoms with Crippen LogP contribution in [0.3, 0.4) is 0 Å². The van der Waals surface area contributed by atoms with Crippen LogP contribution in [0.2, 0.25) is 0 Å². The van der Waals surface area contributed by atoms with Gasteiger partial charge >= 0.3 is 0 Å². The summed E-state index contributed by atoms with van der Waals surface area (Å²) in [6.07, 6.45) is 1.18. The second kappa shape index (κ2) is 7.09. The highest BCUT2D eigenvalue weighted by atomic mass is 16.2. The molecule has 1 heterocycles. The van der Waals surface area contributed by atoms with Gasteiger partial charge in [0.15, 0.2) is 0 Å². The average molecular weight is 336 g/mol. The minimum Gasteiger partial charge on any atom is -0.326 e. The lowest BCUT2D eigenvalue weighted by molar-refractivity contribution is -0.122. The topological polar surface area (TPSA) is 49.4 Å². The van der Waals surface area contributed by atoms with Crippen LogP contribution in [-0.2, 0) is 16.0 Å². The number of benzene rings is 2. The maximum Gasteiger partial charge on any atom is 0.229 e. The van der Waals surface area contributed by atoms with Crippen LogP contribution in [0.4, 0.5) is 11.4 Å². The van der Waals surface area contributed by atoms with Gasteiger partial charge in [-0.1, -0.05) is 37.3 Å². The van der Waals surface area contributed by atoms with Gasteiger partial charge < -0.3 is 10.2 Å². The molecule has 0 radical (unpaired) electrons. The molecule has 2 aromatic carbocycles. The van der Waals surface area contributed by atoms with E-state index in [0.717, 1.165) is 28.9 Å². The van der Waals surface area contributed by atoms with Crippen LogP contribution in [0.5, 0.6) is 0 Å². The van der Waals surface area contributed by atoms with Crippen molar-refractivity contribution in [3.8, 4) is 0 Å². The van der Waals surface area contributed by atoms with E-state index in [2.05, 4.69) is 12.2 Å². The van der Waals surface area contributed by atoms with E-state index < -0.39 is 0 Å². The minimum atomic E-state index is -0.322. The van der Waals surface area contributed by atoms with Crippen LogP contribution < -0.4 is 10.2 Å². The number of carbonyl (C=O) groups excluding carboxylic acids is 2. The van der Waals surface area contributed by atoms with Crippen molar-refractivity contribution in [2.24, 2.45) is 5.92 Å². The summed E-state index contributed by atoms with van der Waals surface area (Å²) in [6, 6.07) is 13.8. The SMILES string of the molecule is CCc1cccc(NC(=O)C2CC(=O)N(c3c(C)cccc3C)C2)c1. The van der Waals surface area contributed by atoms with E-state index in [9.17, 15) is 9.59 Å². The fourth-order valence-electron chi connectivity index (χ4n) is 3.44. The number of hydrogen-bond donors (Lipinski definition) is 1. The lowest BCUT2D eigenvalue weighted by atomic mass is 10.1. The van der Waals surface area contributed by atoms with E-state index in [0.29, 0.717) is 6.54 Å². The number of nitrogens with one attached hydrogen (secondary N) is 1. The molecule has 1 atom stereocenters. The van der Waals surface area contributed by atoms with Gasteiger partial charge in [-0.2, -0.15) is 0 Å². The fraction of sp³-hybridized carbons (Fsp3) is 0.333. The third-order valence-electron chi connectivity index (χ3n) is 4.81. The Morgan fingerprint density at radius 3 is 2.52 bits per heavy atom. The predicted octanol–water partition coefficient (Wildman–Crippen LogP) is 3.86. The largest absolute Gasteiger partial charge is 0.326 e. The van der Waals surface area contributed by atoms with Crippen LogP contribution in [0.15, 0.2) is 42.5 Å². The molecule has 0 bridgehead atoms. The van der Waals surface area contributed by atoms with Crippen LogP contribution in [0, 0.1) is 19.8 Å². The fourth-order valence-corrected chi connectivity index (χ4v) is 3.44. The van der Waals surface area contributed by atoms with Gasteiger partial charge in [0.2, 0.25) is 11.8 Å². The summed E-state index contributed by atoms with van der Waals surface area (Å²) in [5.74, 6) is -0.396. The monoisotopic (exact) mass is 336 g/mol. The van der Waals surface area contributed by atoms with Crippen LogP contribution in [0.1, 0.15) is 30.0 Å². The zero-order valence-electron chi connectivity index (χ0n) is 15.0. The van der Waals surface area contributed by atoms with E-state index in [1.165, 1.54) is 5.56 Å². The lowest BCUT2D eigenvalue weighted by Crippen LogP contribution is -2.29. The molecule has 1 aliphatic rings. The van der Waals surface area contributed by atoms with Crippen LogP contribution in [-0.4, -0.2) is 18.4 Å². The summed E-state index contributed by atoms with van der Waals surface area (Å²) in [5, 5.41) is 2.96. The molecule has 130 valence electrons. The van der Waals surface area contributed by atoms with Gasteiger partial charge in [0.25, 0.3) is 0 Å². The van der Waals surface area contributed by atoms with Crippen molar-refractivity contribution in [3.63, 3.8) is 0 Å². The number of para-hydroxylation sites is 1. The molecular formula is C21H24N2O2. The van der Waals surface area contributed by atoms with Crippen molar-refractivity contribution in [2.75, 3.05) is 16.8 Å². The standard InChI is InChI=1S/C21H24N2O2/c1-4-16-9-6-10-18(11-16)22-21(25)17-12-19(24)23(13-17)20-14(2)7-5-8-15(20)3/h5-11,17H,4,12-13H2,1-3H3,(H,22,25). The zero-order chi connectivity index (χ0) is 18.0. The molecule has 0 saturated carbocycles. The van der Waals surface area contributed by atoms with E-state index in [4.69, 9.17) is 0 Å². The van der Waals surface area contributed by atoms with Gasteiger partial charge in [0, 0.05) is 24.3 Å². The summed E-state index contributed by atoms with van der Waals surface area (Å²) >= 11 is 0. The van der Waals surface area contributed by atoms with Crippen molar-refractivity contribution in [1.82, 2.24) is 0 Å². The maximum atomic E-state index is 12.6. The van der Waals surface area contributed by atoms with Crippen molar-refractivity contribution in [2.45, 2.75) is 33.6 Å². The van der Waals surface area contributed by atoms with Gasteiger partial charge in [-0.15, -0.1) is 0 Å². The molecular weight excluding hydrogens is 312 g/mol.